The van der Waals surface area contributed by atoms with Crippen LogP contribution in [0.2, 0.25) is 0 Å². The first kappa shape index (κ1) is 9.50. The molecular formula is C10H12OSe. The SMILES string of the molecule is CCC(=[Se])OCc1ccccc1. The zero-order valence-corrected chi connectivity index (χ0v) is 8.83. The van der Waals surface area contributed by atoms with Crippen LogP contribution in [0.4, 0.5) is 0 Å². The van der Waals surface area contributed by atoms with Gasteiger partial charge in [0.2, 0.25) is 0 Å². The number of hydrogen-bond donors (Lipinski definition) is 0. The molecule has 1 rings (SSSR count). The number of hydrogen-bond acceptors (Lipinski definition) is 1. The second kappa shape index (κ2) is 5.13. The number of rotatable bonds is 4. The minimum absolute atomic E-state index is 0.664. The molecule has 1 aromatic carbocycles. The third-order valence-corrected chi connectivity index (χ3v) is 2.38. The average molecular weight is 227 g/mol. The standard InChI is InChI=1S/C10H12OSe/c1-2-10(12)11-8-9-6-4-3-5-7-9/h3-7H,2,8H2,1H3. The van der Waals surface area contributed by atoms with Gasteiger partial charge in [0, 0.05) is 0 Å². The molecule has 0 heterocycles. The fraction of sp³-hybridized carbons (Fsp3) is 0.300. The average Bonchev–Trinajstić information content (AvgIpc) is 2.16. The van der Waals surface area contributed by atoms with Crippen LogP contribution < -0.4 is 0 Å². The molecular weight excluding hydrogens is 215 g/mol. The van der Waals surface area contributed by atoms with Gasteiger partial charge in [0.1, 0.15) is 0 Å². The maximum atomic E-state index is 5.44. The summed E-state index contributed by atoms with van der Waals surface area (Å²) in [5.41, 5.74) is 1.21. The molecule has 12 heavy (non-hydrogen) atoms. The van der Waals surface area contributed by atoms with Crippen LogP contribution in [0.25, 0.3) is 0 Å². The van der Waals surface area contributed by atoms with Crippen LogP contribution in [0.1, 0.15) is 18.9 Å². The van der Waals surface area contributed by atoms with E-state index < -0.39 is 0 Å². The van der Waals surface area contributed by atoms with Gasteiger partial charge in [0.25, 0.3) is 0 Å². The van der Waals surface area contributed by atoms with Crippen molar-refractivity contribution >= 4 is 20.2 Å². The zero-order chi connectivity index (χ0) is 8.81. The Bertz CT molecular complexity index is 243. The van der Waals surface area contributed by atoms with Crippen molar-refractivity contribution in [2.45, 2.75) is 20.0 Å². The van der Waals surface area contributed by atoms with E-state index in [0.29, 0.717) is 6.61 Å². The van der Waals surface area contributed by atoms with Gasteiger partial charge in [-0.25, -0.2) is 0 Å². The van der Waals surface area contributed by atoms with Crippen LogP contribution in [0.5, 0.6) is 0 Å². The first-order chi connectivity index (χ1) is 5.83. The molecule has 2 heteroatoms. The fourth-order valence-electron chi connectivity index (χ4n) is 0.840. The molecule has 0 aliphatic carbocycles. The van der Waals surface area contributed by atoms with Gasteiger partial charge in [-0.1, -0.05) is 0 Å². The summed E-state index contributed by atoms with van der Waals surface area (Å²) in [5, 5.41) is 0. The molecule has 0 amide bonds. The second-order valence-electron chi connectivity index (χ2n) is 2.50. The van der Waals surface area contributed by atoms with Crippen molar-refractivity contribution in [3.63, 3.8) is 0 Å². The molecule has 0 spiro atoms. The predicted molar refractivity (Wildman–Crippen MR) is 52.3 cm³/mol. The molecule has 1 aromatic rings. The molecule has 0 bridgehead atoms. The van der Waals surface area contributed by atoms with E-state index in [-0.39, 0.29) is 0 Å². The fourth-order valence-corrected chi connectivity index (χ4v) is 0.964. The third-order valence-electron chi connectivity index (χ3n) is 1.53. The van der Waals surface area contributed by atoms with Crippen molar-refractivity contribution in [2.24, 2.45) is 0 Å². The molecule has 0 aliphatic rings. The van der Waals surface area contributed by atoms with Gasteiger partial charge >= 0.3 is 80.8 Å². The summed E-state index contributed by atoms with van der Waals surface area (Å²) < 4.78 is 6.41. The molecule has 0 aliphatic heterocycles. The van der Waals surface area contributed by atoms with Crippen molar-refractivity contribution in [2.75, 3.05) is 0 Å². The molecule has 0 fully saturated rings. The summed E-state index contributed by atoms with van der Waals surface area (Å²) in [6.45, 7) is 2.73. The van der Waals surface area contributed by atoms with E-state index in [1.807, 2.05) is 18.2 Å². The van der Waals surface area contributed by atoms with Crippen LogP contribution in [0, 0.1) is 0 Å². The molecule has 0 radical (unpaired) electrons. The Balaban J connectivity index is 2.38. The molecule has 0 aromatic heterocycles. The van der Waals surface area contributed by atoms with Gasteiger partial charge in [0.15, 0.2) is 0 Å². The van der Waals surface area contributed by atoms with Crippen molar-refractivity contribution < 1.29 is 4.74 Å². The molecule has 0 saturated carbocycles. The minimum atomic E-state index is 0.664. The summed E-state index contributed by atoms with van der Waals surface area (Å²) in [4.78, 5) is 0. The van der Waals surface area contributed by atoms with Gasteiger partial charge in [-0.3, -0.25) is 0 Å². The molecule has 0 atom stereocenters. The van der Waals surface area contributed by atoms with Gasteiger partial charge in [-0.05, 0) is 0 Å². The molecule has 0 unspecified atom stereocenters. The van der Waals surface area contributed by atoms with E-state index >= 15 is 0 Å². The Morgan fingerprint density at radius 2 is 2.00 bits per heavy atom. The summed E-state index contributed by atoms with van der Waals surface area (Å²) in [7, 11) is 0. The summed E-state index contributed by atoms with van der Waals surface area (Å²) >= 11 is 2.89. The Labute approximate surface area is 81.1 Å². The van der Waals surface area contributed by atoms with Gasteiger partial charge in [0.05, 0.1) is 0 Å². The Morgan fingerprint density at radius 3 is 2.58 bits per heavy atom. The Kier molecular flexibility index (Phi) is 4.06. The van der Waals surface area contributed by atoms with Crippen molar-refractivity contribution in [3.05, 3.63) is 35.9 Å². The van der Waals surface area contributed by atoms with E-state index in [1.54, 1.807) is 0 Å². The topological polar surface area (TPSA) is 9.23 Å². The van der Waals surface area contributed by atoms with E-state index in [1.165, 1.54) is 5.56 Å². The van der Waals surface area contributed by atoms with Crippen molar-refractivity contribution in [3.8, 4) is 0 Å². The van der Waals surface area contributed by atoms with Gasteiger partial charge in [-0.15, -0.1) is 0 Å². The number of benzene rings is 1. The summed E-state index contributed by atoms with van der Waals surface area (Å²) in [6.07, 6.45) is 0.937. The van der Waals surface area contributed by atoms with E-state index in [0.717, 1.165) is 11.0 Å². The quantitative estimate of drug-likeness (QED) is 0.714. The first-order valence-electron chi connectivity index (χ1n) is 4.02. The van der Waals surface area contributed by atoms with Gasteiger partial charge < -0.3 is 0 Å². The van der Waals surface area contributed by atoms with Crippen molar-refractivity contribution in [1.82, 2.24) is 0 Å². The Hall–Kier alpha value is -0.591. The zero-order valence-electron chi connectivity index (χ0n) is 7.12. The van der Waals surface area contributed by atoms with E-state index in [9.17, 15) is 0 Å². The molecule has 0 N–H and O–H groups in total. The van der Waals surface area contributed by atoms with E-state index in [2.05, 4.69) is 34.6 Å². The van der Waals surface area contributed by atoms with Crippen LogP contribution in [-0.2, 0) is 11.3 Å². The normalized spacial score (nSPS) is 9.42. The summed E-state index contributed by atoms with van der Waals surface area (Å²) in [5.74, 6) is 0. The molecule has 0 saturated heterocycles. The maximum absolute atomic E-state index is 5.44. The molecule has 64 valence electrons. The molecule has 1 nitrogen and oxygen atoms in total. The Morgan fingerprint density at radius 1 is 1.33 bits per heavy atom. The van der Waals surface area contributed by atoms with Crippen LogP contribution in [-0.4, -0.2) is 20.2 Å². The monoisotopic (exact) mass is 228 g/mol. The van der Waals surface area contributed by atoms with Gasteiger partial charge in [-0.2, -0.15) is 0 Å². The van der Waals surface area contributed by atoms with Crippen molar-refractivity contribution in [1.29, 1.82) is 0 Å². The number of ether oxygens (including phenoxy) is 1. The summed E-state index contributed by atoms with van der Waals surface area (Å²) in [6, 6.07) is 10.2. The van der Waals surface area contributed by atoms with Crippen LogP contribution in [0.15, 0.2) is 30.3 Å². The van der Waals surface area contributed by atoms with E-state index in [4.69, 9.17) is 4.74 Å². The van der Waals surface area contributed by atoms with Crippen LogP contribution in [0.3, 0.4) is 0 Å². The van der Waals surface area contributed by atoms with Crippen LogP contribution >= 0.6 is 0 Å². The predicted octanol–water partition coefficient (Wildman–Crippen LogP) is 1.91. The first-order valence-corrected chi connectivity index (χ1v) is 4.88. The second-order valence-corrected chi connectivity index (χ2v) is 3.46. The third kappa shape index (κ3) is 3.20.